The summed E-state index contributed by atoms with van der Waals surface area (Å²) in [6, 6.07) is 0. The molecule has 1 saturated heterocycles. The van der Waals surface area contributed by atoms with E-state index in [-0.39, 0.29) is 11.8 Å². The van der Waals surface area contributed by atoms with Crippen molar-refractivity contribution in [2.24, 2.45) is 0 Å². The zero-order valence-corrected chi connectivity index (χ0v) is 10.2. The number of nitrogens with zero attached hydrogens (tertiary/aromatic N) is 1. The Kier molecular flexibility index (Phi) is 4.11. The van der Waals surface area contributed by atoms with Crippen LogP contribution in [0.25, 0.3) is 0 Å². The molecule has 1 fully saturated rings. The highest BCUT2D eigenvalue weighted by molar-refractivity contribution is 5.17. The lowest BCUT2D eigenvalue weighted by molar-refractivity contribution is -0.441. The quantitative estimate of drug-likeness (QED) is 0.608. The van der Waals surface area contributed by atoms with Gasteiger partial charge in [0.25, 0.3) is 5.70 Å². The van der Waals surface area contributed by atoms with Crippen molar-refractivity contribution in [3.05, 3.63) is 34.0 Å². The average Bonchev–Trinajstić information content (AvgIpc) is 2.27. The Hall–Kier alpha value is -1.24. The van der Waals surface area contributed by atoms with Crippen LogP contribution < -0.4 is 0 Å². The van der Waals surface area contributed by atoms with Crippen LogP contribution in [0.2, 0.25) is 0 Å². The van der Waals surface area contributed by atoms with Gasteiger partial charge in [-0.1, -0.05) is 12.2 Å². The van der Waals surface area contributed by atoms with E-state index in [2.05, 4.69) is 0 Å². The molecule has 2 unspecified atom stereocenters. The Balaban J connectivity index is 1.98. The summed E-state index contributed by atoms with van der Waals surface area (Å²) < 4.78 is 11.1. The van der Waals surface area contributed by atoms with Gasteiger partial charge < -0.3 is 14.6 Å². The highest BCUT2D eigenvalue weighted by atomic mass is 16.7. The van der Waals surface area contributed by atoms with Crippen LogP contribution in [-0.4, -0.2) is 34.6 Å². The van der Waals surface area contributed by atoms with Crippen LogP contribution in [0.1, 0.15) is 26.2 Å². The molecule has 100 valence electrons. The summed E-state index contributed by atoms with van der Waals surface area (Å²) in [5, 5.41) is 20.5. The molecule has 1 N–H and O–H groups in total. The minimum atomic E-state index is -0.604. The number of aliphatic hydroxyl groups excluding tert-OH is 1. The summed E-state index contributed by atoms with van der Waals surface area (Å²) in [6.07, 6.45) is 4.54. The molecule has 0 aromatic rings. The third kappa shape index (κ3) is 3.16. The van der Waals surface area contributed by atoms with Crippen LogP contribution in [0.5, 0.6) is 0 Å². The van der Waals surface area contributed by atoms with E-state index in [0.29, 0.717) is 19.3 Å². The Morgan fingerprint density at radius 3 is 3.00 bits per heavy atom. The van der Waals surface area contributed by atoms with Crippen molar-refractivity contribution in [1.82, 2.24) is 0 Å². The molecule has 6 heteroatoms. The molecule has 0 radical (unpaired) electrons. The van der Waals surface area contributed by atoms with E-state index in [1.54, 1.807) is 6.08 Å². The Morgan fingerprint density at radius 2 is 2.33 bits per heavy atom. The highest BCUT2D eigenvalue weighted by Crippen LogP contribution is 2.25. The maximum absolute atomic E-state index is 10.9. The minimum absolute atomic E-state index is 0.0359. The first-order chi connectivity index (χ1) is 8.56. The molecule has 0 amide bonds. The topological polar surface area (TPSA) is 81.8 Å². The van der Waals surface area contributed by atoms with Gasteiger partial charge in [-0.2, -0.15) is 0 Å². The fourth-order valence-electron chi connectivity index (χ4n) is 2.24. The van der Waals surface area contributed by atoms with Gasteiger partial charge in [0.2, 0.25) is 0 Å². The molecule has 1 heterocycles. The van der Waals surface area contributed by atoms with E-state index >= 15 is 0 Å². The van der Waals surface area contributed by atoms with Crippen molar-refractivity contribution in [3.8, 4) is 0 Å². The van der Waals surface area contributed by atoms with Gasteiger partial charge in [0.15, 0.2) is 12.4 Å². The van der Waals surface area contributed by atoms with Crippen molar-refractivity contribution < 1.29 is 19.5 Å². The van der Waals surface area contributed by atoms with Gasteiger partial charge in [0, 0.05) is 18.9 Å². The fourth-order valence-corrected chi connectivity index (χ4v) is 2.24. The second kappa shape index (κ2) is 5.60. The van der Waals surface area contributed by atoms with Gasteiger partial charge in [-0.3, -0.25) is 10.1 Å². The van der Waals surface area contributed by atoms with Crippen molar-refractivity contribution in [2.45, 2.75) is 50.8 Å². The van der Waals surface area contributed by atoms with Crippen LogP contribution >= 0.6 is 0 Å². The molecule has 1 aliphatic heterocycles. The maximum Gasteiger partial charge on any atom is 0.275 e. The van der Waals surface area contributed by atoms with E-state index < -0.39 is 23.4 Å². The Morgan fingerprint density at radius 1 is 1.56 bits per heavy atom. The number of hydrogen-bond acceptors (Lipinski definition) is 5. The van der Waals surface area contributed by atoms with Gasteiger partial charge in [-0.15, -0.1) is 0 Å². The molecule has 0 bridgehead atoms. The molecule has 0 spiro atoms. The van der Waals surface area contributed by atoms with Gasteiger partial charge in [-0.05, 0) is 13.3 Å². The summed E-state index contributed by atoms with van der Waals surface area (Å²) in [4.78, 5) is 10.4. The van der Waals surface area contributed by atoms with Crippen LogP contribution in [0.15, 0.2) is 23.9 Å². The second-order valence-corrected chi connectivity index (χ2v) is 4.64. The lowest BCUT2D eigenvalue weighted by Gasteiger charge is -2.33. The first-order valence-corrected chi connectivity index (χ1v) is 6.06. The molecule has 4 atom stereocenters. The van der Waals surface area contributed by atoms with Crippen molar-refractivity contribution in [3.63, 3.8) is 0 Å². The predicted molar refractivity (Wildman–Crippen MR) is 63.3 cm³/mol. The molecule has 0 aromatic heterocycles. The monoisotopic (exact) mass is 255 g/mol. The number of hydrogen-bond donors (Lipinski definition) is 1. The number of aliphatic hydroxyl groups is 1. The van der Waals surface area contributed by atoms with Gasteiger partial charge in [0.1, 0.15) is 0 Å². The third-order valence-electron chi connectivity index (χ3n) is 3.06. The molecule has 1 aliphatic carbocycles. The SMILES string of the molecule is CC1C[C@H](O)C[C@H](OC2CC=CC=C2[N+](=O)[O-])O1. The molecular formula is C12H17NO5. The van der Waals surface area contributed by atoms with Crippen LogP contribution in [-0.2, 0) is 9.47 Å². The van der Waals surface area contributed by atoms with Crippen molar-refractivity contribution in [2.75, 3.05) is 0 Å². The first-order valence-electron chi connectivity index (χ1n) is 6.06. The Bertz CT molecular complexity index is 369. The van der Waals surface area contributed by atoms with Crippen LogP contribution in [0, 0.1) is 10.1 Å². The van der Waals surface area contributed by atoms with E-state index in [4.69, 9.17) is 9.47 Å². The van der Waals surface area contributed by atoms with E-state index in [1.807, 2.05) is 13.0 Å². The van der Waals surface area contributed by atoms with Gasteiger partial charge in [0.05, 0.1) is 17.1 Å². The number of allylic oxidation sites excluding steroid dienone is 2. The lowest BCUT2D eigenvalue weighted by Crippen LogP contribution is -2.39. The van der Waals surface area contributed by atoms with Crippen LogP contribution in [0.4, 0.5) is 0 Å². The van der Waals surface area contributed by atoms with Gasteiger partial charge >= 0.3 is 0 Å². The van der Waals surface area contributed by atoms with E-state index in [1.165, 1.54) is 6.08 Å². The lowest BCUT2D eigenvalue weighted by atomic mass is 10.1. The largest absolute Gasteiger partial charge is 0.393 e. The standard InChI is InChI=1S/C12H17NO5/c1-8-6-9(14)7-12(17-8)18-11-5-3-2-4-10(11)13(15)16/h2-4,8-9,11-12,14H,5-7H2,1H3/t8?,9-,11?,12-/m0/s1. The van der Waals surface area contributed by atoms with E-state index in [9.17, 15) is 15.2 Å². The fraction of sp³-hybridized carbons (Fsp3) is 0.667. The molecule has 18 heavy (non-hydrogen) atoms. The summed E-state index contributed by atoms with van der Waals surface area (Å²) in [7, 11) is 0. The van der Waals surface area contributed by atoms with Crippen molar-refractivity contribution in [1.29, 1.82) is 0 Å². The number of ether oxygens (including phenoxy) is 2. The summed E-state index contributed by atoms with van der Waals surface area (Å²) in [5.41, 5.74) is 0.0359. The third-order valence-corrected chi connectivity index (χ3v) is 3.06. The smallest absolute Gasteiger partial charge is 0.275 e. The molecular weight excluding hydrogens is 238 g/mol. The van der Waals surface area contributed by atoms with E-state index in [0.717, 1.165) is 0 Å². The summed E-state index contributed by atoms with van der Waals surface area (Å²) >= 11 is 0. The van der Waals surface area contributed by atoms with Crippen LogP contribution in [0.3, 0.4) is 0 Å². The average molecular weight is 255 g/mol. The maximum atomic E-state index is 10.9. The van der Waals surface area contributed by atoms with Crippen molar-refractivity contribution >= 4 is 0 Å². The highest BCUT2D eigenvalue weighted by Gasteiger charge is 2.33. The van der Waals surface area contributed by atoms with Gasteiger partial charge in [-0.25, -0.2) is 0 Å². The molecule has 2 rings (SSSR count). The molecule has 6 nitrogen and oxygen atoms in total. The summed E-state index contributed by atoms with van der Waals surface area (Å²) in [5.74, 6) is 0. The number of nitro groups is 1. The number of rotatable bonds is 3. The second-order valence-electron chi connectivity index (χ2n) is 4.64. The molecule has 0 saturated carbocycles. The summed E-state index contributed by atoms with van der Waals surface area (Å²) in [6.45, 7) is 1.85. The predicted octanol–water partition coefficient (Wildman–Crippen LogP) is 1.38. The normalized spacial score (nSPS) is 36.2. The molecule has 0 aromatic carbocycles. The Labute approximate surface area is 105 Å². The zero-order valence-electron chi connectivity index (χ0n) is 10.2. The minimum Gasteiger partial charge on any atom is -0.393 e. The molecule has 2 aliphatic rings. The first kappa shape index (κ1) is 13.2. The zero-order chi connectivity index (χ0) is 13.1.